The van der Waals surface area contributed by atoms with Gasteiger partial charge in [-0.25, -0.2) is 4.79 Å². The van der Waals surface area contributed by atoms with Gasteiger partial charge in [-0.3, -0.25) is 0 Å². The first-order valence-electron chi connectivity index (χ1n) is 3.25. The number of aliphatic carboxylic acids is 1. The minimum absolute atomic E-state index is 0.358. The molecule has 0 aromatic carbocycles. The summed E-state index contributed by atoms with van der Waals surface area (Å²) >= 11 is 0. The van der Waals surface area contributed by atoms with Crippen LogP contribution in [-0.2, 0) is 4.79 Å². The third-order valence-electron chi connectivity index (χ3n) is 1.13. The maximum Gasteiger partial charge on any atom is 0.330 e. The van der Waals surface area contributed by atoms with Crippen molar-refractivity contribution in [2.45, 2.75) is 19.8 Å². The molecule has 0 saturated carbocycles. The van der Waals surface area contributed by atoms with Gasteiger partial charge < -0.3 is 9.90 Å². The second-order valence-corrected chi connectivity index (χ2v) is 2.74. The predicted octanol–water partition coefficient (Wildman–Crippen LogP) is -0.169. The van der Waals surface area contributed by atoms with E-state index in [1.807, 2.05) is 6.92 Å². The van der Waals surface area contributed by atoms with Gasteiger partial charge in [0.15, 0.2) is 9.76 Å². The summed E-state index contributed by atoms with van der Waals surface area (Å²) in [5, 5.41) is 8.48. The average molecular weight is 160 g/mol. The molecule has 0 aliphatic rings. The zero-order chi connectivity index (χ0) is 7.98. The van der Waals surface area contributed by atoms with E-state index in [-0.39, 0.29) is 0 Å². The van der Waals surface area contributed by atoms with Gasteiger partial charge in [-0.15, -0.1) is 0 Å². The summed E-state index contributed by atoms with van der Waals surface area (Å²) in [6.07, 6.45) is 1.37. The van der Waals surface area contributed by atoms with Crippen molar-refractivity contribution in [2.24, 2.45) is 0 Å². The highest BCUT2D eigenvalue weighted by atomic mass is 28.2. The fourth-order valence-electron chi connectivity index (χ4n) is 0.676. The van der Waals surface area contributed by atoms with Gasteiger partial charge in [-0.2, -0.15) is 0 Å². The minimum atomic E-state index is -1.24. The second kappa shape index (κ2) is 5.19. The molecule has 0 aliphatic heterocycles. The SMILES string of the molecule is CCCC(=C[SiH2]O)C(=O)O. The first kappa shape index (κ1) is 9.39. The van der Waals surface area contributed by atoms with Crippen LogP contribution < -0.4 is 0 Å². The third-order valence-corrected chi connectivity index (χ3v) is 1.81. The van der Waals surface area contributed by atoms with Crippen molar-refractivity contribution in [3.05, 3.63) is 11.3 Å². The maximum absolute atomic E-state index is 10.3. The van der Waals surface area contributed by atoms with Crippen LogP contribution in [0.4, 0.5) is 0 Å². The van der Waals surface area contributed by atoms with Gasteiger partial charge in [0, 0.05) is 5.57 Å². The van der Waals surface area contributed by atoms with Crippen LogP contribution >= 0.6 is 0 Å². The zero-order valence-electron chi connectivity index (χ0n) is 6.00. The topological polar surface area (TPSA) is 57.5 Å². The fraction of sp³-hybridized carbons (Fsp3) is 0.500. The number of hydrogen-bond donors (Lipinski definition) is 2. The highest BCUT2D eigenvalue weighted by Gasteiger charge is 2.03. The molecule has 2 N–H and O–H groups in total. The Morgan fingerprint density at radius 3 is 2.60 bits per heavy atom. The normalized spacial score (nSPS) is 12.8. The molecule has 0 spiro atoms. The number of rotatable bonds is 4. The fourth-order valence-corrected chi connectivity index (χ4v) is 1.27. The molecule has 0 aromatic rings. The Labute approximate surface area is 62.3 Å². The maximum atomic E-state index is 10.3. The van der Waals surface area contributed by atoms with Crippen LogP contribution in [0.5, 0.6) is 0 Å². The molecule has 0 radical (unpaired) electrons. The molecule has 0 fully saturated rings. The highest BCUT2D eigenvalue weighted by Crippen LogP contribution is 2.02. The van der Waals surface area contributed by atoms with E-state index in [9.17, 15) is 4.79 Å². The highest BCUT2D eigenvalue weighted by molar-refractivity contribution is 6.34. The molecule has 0 atom stereocenters. The average Bonchev–Trinajstić information content (AvgIpc) is 1.87. The summed E-state index contributed by atoms with van der Waals surface area (Å²) in [5.74, 6) is -0.900. The van der Waals surface area contributed by atoms with E-state index in [0.29, 0.717) is 12.0 Å². The molecule has 0 aromatic heterocycles. The largest absolute Gasteiger partial charge is 0.478 e. The van der Waals surface area contributed by atoms with Crippen LogP contribution in [0, 0.1) is 0 Å². The van der Waals surface area contributed by atoms with Crippen molar-refractivity contribution in [3.8, 4) is 0 Å². The first-order chi connectivity index (χ1) is 4.72. The van der Waals surface area contributed by atoms with Crippen LogP contribution in [0.15, 0.2) is 11.3 Å². The molecule has 0 rings (SSSR count). The molecule has 0 unspecified atom stereocenters. The smallest absolute Gasteiger partial charge is 0.330 e. The Bertz CT molecular complexity index is 142. The van der Waals surface area contributed by atoms with Crippen molar-refractivity contribution in [3.63, 3.8) is 0 Å². The molecule has 0 heterocycles. The molecule has 0 saturated heterocycles. The Morgan fingerprint density at radius 1 is 1.70 bits per heavy atom. The summed E-state index contributed by atoms with van der Waals surface area (Å²) in [5.41, 5.74) is 1.82. The van der Waals surface area contributed by atoms with Gasteiger partial charge in [-0.05, 0) is 6.42 Å². The zero-order valence-corrected chi connectivity index (χ0v) is 7.42. The van der Waals surface area contributed by atoms with Crippen molar-refractivity contribution < 1.29 is 14.7 Å². The van der Waals surface area contributed by atoms with E-state index in [0.717, 1.165) is 6.42 Å². The summed E-state index contributed by atoms with van der Waals surface area (Å²) in [7, 11) is -1.24. The van der Waals surface area contributed by atoms with Gasteiger partial charge in [0.05, 0.1) is 0 Å². The van der Waals surface area contributed by atoms with Gasteiger partial charge in [0.25, 0.3) is 0 Å². The van der Waals surface area contributed by atoms with Gasteiger partial charge >= 0.3 is 5.97 Å². The third kappa shape index (κ3) is 3.42. The Kier molecular flexibility index (Phi) is 4.88. The summed E-state index contributed by atoms with van der Waals surface area (Å²) in [4.78, 5) is 18.8. The van der Waals surface area contributed by atoms with E-state index in [4.69, 9.17) is 9.90 Å². The molecule has 10 heavy (non-hydrogen) atoms. The minimum Gasteiger partial charge on any atom is -0.478 e. The molecule has 4 heteroatoms. The standard InChI is InChI=1S/C6H12O3Si/c1-2-3-5(4-10-9)6(7)8/h4,9H,2-3,10H2,1H3,(H,7,8). The van der Waals surface area contributed by atoms with Gasteiger partial charge in [-0.1, -0.05) is 19.0 Å². The van der Waals surface area contributed by atoms with Crippen LogP contribution in [0.3, 0.4) is 0 Å². The Hall–Kier alpha value is -0.613. The monoisotopic (exact) mass is 160 g/mol. The summed E-state index contributed by atoms with van der Waals surface area (Å²) in [6.45, 7) is 1.91. The lowest BCUT2D eigenvalue weighted by Crippen LogP contribution is -2.01. The van der Waals surface area contributed by atoms with Crippen LogP contribution in [-0.4, -0.2) is 25.6 Å². The summed E-state index contributed by atoms with van der Waals surface area (Å²) in [6, 6.07) is 0. The van der Waals surface area contributed by atoms with E-state index in [2.05, 4.69) is 0 Å². The van der Waals surface area contributed by atoms with Crippen molar-refractivity contribution >= 4 is 15.7 Å². The Balaban J connectivity index is 3.98. The second-order valence-electron chi connectivity index (χ2n) is 1.97. The number of hydrogen-bond acceptors (Lipinski definition) is 2. The van der Waals surface area contributed by atoms with Crippen LogP contribution in [0.1, 0.15) is 19.8 Å². The van der Waals surface area contributed by atoms with E-state index >= 15 is 0 Å². The molecular weight excluding hydrogens is 148 g/mol. The Morgan fingerprint density at radius 2 is 2.30 bits per heavy atom. The predicted molar refractivity (Wildman–Crippen MR) is 41.4 cm³/mol. The lowest BCUT2D eigenvalue weighted by atomic mass is 10.2. The molecule has 0 bridgehead atoms. The summed E-state index contributed by atoms with van der Waals surface area (Å²) < 4.78 is 0. The van der Waals surface area contributed by atoms with Crippen molar-refractivity contribution in [1.29, 1.82) is 0 Å². The molecular formula is C6H12O3Si. The van der Waals surface area contributed by atoms with Gasteiger partial charge in [0.1, 0.15) is 0 Å². The lowest BCUT2D eigenvalue weighted by molar-refractivity contribution is -0.132. The molecule has 58 valence electrons. The number of carboxylic acid groups (broad SMARTS) is 1. The number of carbonyl (C=O) groups is 1. The van der Waals surface area contributed by atoms with Crippen LogP contribution in [0.25, 0.3) is 0 Å². The first-order valence-corrected chi connectivity index (χ1v) is 4.70. The molecule has 0 amide bonds. The van der Waals surface area contributed by atoms with E-state index < -0.39 is 15.7 Å². The quantitative estimate of drug-likeness (QED) is 0.443. The molecule has 0 aliphatic carbocycles. The van der Waals surface area contributed by atoms with Gasteiger partial charge in [0.2, 0.25) is 0 Å². The lowest BCUT2D eigenvalue weighted by Gasteiger charge is -1.96. The van der Waals surface area contributed by atoms with E-state index in [1.165, 1.54) is 5.70 Å². The number of carboxylic acids is 1. The van der Waals surface area contributed by atoms with Crippen molar-refractivity contribution in [2.75, 3.05) is 0 Å². The van der Waals surface area contributed by atoms with E-state index in [1.54, 1.807) is 0 Å². The van der Waals surface area contributed by atoms with Crippen LogP contribution in [0.2, 0.25) is 0 Å². The van der Waals surface area contributed by atoms with Crippen molar-refractivity contribution in [1.82, 2.24) is 0 Å². The molecule has 3 nitrogen and oxygen atoms in total.